The molecule has 0 aromatic heterocycles. The number of aliphatic hydroxyl groups is 1. The minimum atomic E-state index is -0.463. The van der Waals surface area contributed by atoms with Gasteiger partial charge in [-0.15, -0.1) is 11.8 Å². The molecule has 186 valence electrons. The Labute approximate surface area is 218 Å². The number of nitrogens with zero attached hydrogens (tertiary/aromatic N) is 1. The van der Waals surface area contributed by atoms with Crippen LogP contribution in [-0.2, 0) is 9.48 Å². The molecular formula is C31H33NO3S. The van der Waals surface area contributed by atoms with Crippen LogP contribution in [-0.4, -0.2) is 47.1 Å². The van der Waals surface area contributed by atoms with E-state index >= 15 is 0 Å². The van der Waals surface area contributed by atoms with Crippen molar-refractivity contribution in [2.75, 3.05) is 19.8 Å². The zero-order chi connectivity index (χ0) is 25.4. The van der Waals surface area contributed by atoms with Gasteiger partial charge in [0.1, 0.15) is 6.61 Å². The maximum atomic E-state index is 13.0. The lowest BCUT2D eigenvalue weighted by molar-refractivity contribution is 0.114. The molecule has 0 spiro atoms. The topological polar surface area (TPSA) is 49.8 Å². The van der Waals surface area contributed by atoms with Crippen molar-refractivity contribution in [1.29, 1.82) is 0 Å². The fourth-order valence-electron chi connectivity index (χ4n) is 4.85. The zero-order valence-corrected chi connectivity index (χ0v) is 21.4. The lowest BCUT2D eigenvalue weighted by atomic mass is 9.84. The summed E-state index contributed by atoms with van der Waals surface area (Å²) in [5.41, 5.74) is 4.42. The van der Waals surface area contributed by atoms with Gasteiger partial charge < -0.3 is 14.7 Å². The van der Waals surface area contributed by atoms with Crippen LogP contribution >= 0.6 is 11.8 Å². The van der Waals surface area contributed by atoms with E-state index in [1.165, 1.54) is 16.7 Å². The van der Waals surface area contributed by atoms with Gasteiger partial charge in [0.15, 0.2) is 0 Å². The Bertz CT molecular complexity index is 1070. The highest BCUT2D eigenvalue weighted by Crippen LogP contribution is 2.52. The van der Waals surface area contributed by atoms with E-state index in [0.717, 1.165) is 12.0 Å². The monoisotopic (exact) mass is 499 g/mol. The van der Waals surface area contributed by atoms with Crippen LogP contribution in [0.5, 0.6) is 0 Å². The van der Waals surface area contributed by atoms with Crippen molar-refractivity contribution in [3.05, 3.63) is 132 Å². The SMILES string of the molecule is C=CCOC(=O)N1C[C@@H](SC(c2ccccc2)(c2ccccc2)c2ccccc2)C[C@H]1/C=C(\C)CO. The molecule has 5 heteroatoms. The van der Waals surface area contributed by atoms with Crippen molar-refractivity contribution < 1.29 is 14.6 Å². The Balaban J connectivity index is 1.78. The summed E-state index contributed by atoms with van der Waals surface area (Å²) < 4.78 is 4.96. The van der Waals surface area contributed by atoms with Crippen molar-refractivity contribution in [3.63, 3.8) is 0 Å². The zero-order valence-electron chi connectivity index (χ0n) is 20.6. The smallest absolute Gasteiger partial charge is 0.410 e. The average molecular weight is 500 g/mol. The van der Waals surface area contributed by atoms with Gasteiger partial charge in [-0.25, -0.2) is 4.79 Å². The van der Waals surface area contributed by atoms with Gasteiger partial charge in [0.05, 0.1) is 17.4 Å². The fourth-order valence-corrected chi connectivity index (χ4v) is 6.69. The third-order valence-corrected chi connectivity index (χ3v) is 8.21. The van der Waals surface area contributed by atoms with E-state index in [1.807, 2.05) is 43.0 Å². The van der Waals surface area contributed by atoms with E-state index < -0.39 is 4.75 Å². The van der Waals surface area contributed by atoms with Gasteiger partial charge in [-0.3, -0.25) is 0 Å². The molecule has 0 radical (unpaired) electrons. The third-order valence-electron chi connectivity index (χ3n) is 6.47. The maximum absolute atomic E-state index is 13.0. The Morgan fingerprint density at radius 1 is 1.00 bits per heavy atom. The number of carbonyl (C=O) groups excluding carboxylic acids is 1. The van der Waals surface area contributed by atoms with Crippen LogP contribution in [0.25, 0.3) is 0 Å². The van der Waals surface area contributed by atoms with E-state index in [9.17, 15) is 9.90 Å². The summed E-state index contributed by atoms with van der Waals surface area (Å²) in [4.78, 5) is 14.7. The summed E-state index contributed by atoms with van der Waals surface area (Å²) in [6.45, 7) is 6.23. The Morgan fingerprint density at radius 2 is 1.50 bits per heavy atom. The highest BCUT2D eigenvalue weighted by molar-refractivity contribution is 8.01. The van der Waals surface area contributed by atoms with Gasteiger partial charge in [-0.1, -0.05) is 115 Å². The molecule has 1 aliphatic rings. The number of ether oxygens (including phenoxy) is 1. The number of aliphatic hydroxyl groups excluding tert-OH is 1. The van der Waals surface area contributed by atoms with E-state index in [-0.39, 0.29) is 30.6 Å². The summed E-state index contributed by atoms with van der Waals surface area (Å²) in [6, 6.07) is 31.6. The van der Waals surface area contributed by atoms with Crippen LogP contribution in [0.3, 0.4) is 0 Å². The van der Waals surface area contributed by atoms with Crippen LogP contribution < -0.4 is 0 Å². The molecule has 1 aliphatic heterocycles. The first-order valence-corrected chi connectivity index (χ1v) is 13.1. The van der Waals surface area contributed by atoms with Crippen molar-refractivity contribution >= 4 is 17.9 Å². The molecule has 2 atom stereocenters. The van der Waals surface area contributed by atoms with Crippen LogP contribution in [0.2, 0.25) is 0 Å². The molecule has 4 nitrogen and oxygen atoms in total. The van der Waals surface area contributed by atoms with Crippen LogP contribution in [0.4, 0.5) is 4.79 Å². The first-order valence-electron chi connectivity index (χ1n) is 12.2. The number of benzene rings is 3. The maximum Gasteiger partial charge on any atom is 0.410 e. The number of rotatable bonds is 9. The highest BCUT2D eigenvalue weighted by atomic mass is 32.2. The summed E-state index contributed by atoms with van der Waals surface area (Å²) in [6.07, 6.45) is 3.98. The fraction of sp³-hybridized carbons (Fsp3) is 0.258. The number of likely N-dealkylation sites (tertiary alicyclic amines) is 1. The predicted octanol–water partition coefficient (Wildman–Crippen LogP) is 6.42. The second-order valence-corrected chi connectivity index (χ2v) is 10.5. The van der Waals surface area contributed by atoms with Gasteiger partial charge in [0, 0.05) is 11.8 Å². The normalized spacial score (nSPS) is 18.2. The van der Waals surface area contributed by atoms with E-state index in [2.05, 4.69) is 79.4 Å². The Hall–Kier alpha value is -3.28. The van der Waals surface area contributed by atoms with Crippen molar-refractivity contribution in [1.82, 2.24) is 4.90 Å². The lowest BCUT2D eigenvalue weighted by Crippen LogP contribution is -2.36. The second kappa shape index (κ2) is 12.1. The standard InChI is InChI=1S/C31H33NO3S/c1-3-19-35-30(34)32-22-29(21-28(32)20-24(2)23-33)36-31(25-13-7-4-8-14-25,26-15-9-5-10-16-26)27-17-11-6-12-18-27/h3-18,20,28-29,33H,1,19,21-23H2,2H3/b24-20+/t28-,29+/m1/s1. The first-order chi connectivity index (χ1) is 17.6. The highest BCUT2D eigenvalue weighted by Gasteiger charge is 2.44. The van der Waals surface area contributed by atoms with Gasteiger partial charge in [0.25, 0.3) is 0 Å². The predicted molar refractivity (Wildman–Crippen MR) is 148 cm³/mol. The summed E-state index contributed by atoms with van der Waals surface area (Å²) in [7, 11) is 0. The molecule has 36 heavy (non-hydrogen) atoms. The molecule has 0 unspecified atom stereocenters. The quantitative estimate of drug-likeness (QED) is 0.273. The van der Waals surface area contributed by atoms with Gasteiger partial charge >= 0.3 is 6.09 Å². The summed E-state index contributed by atoms with van der Waals surface area (Å²) in [5, 5.41) is 9.77. The lowest BCUT2D eigenvalue weighted by Gasteiger charge is -2.37. The van der Waals surface area contributed by atoms with Crippen LogP contribution in [0.15, 0.2) is 115 Å². The number of hydrogen-bond donors (Lipinski definition) is 1. The molecule has 1 N–H and O–H groups in total. The second-order valence-electron chi connectivity index (χ2n) is 9.01. The van der Waals surface area contributed by atoms with Crippen molar-refractivity contribution in [2.24, 2.45) is 0 Å². The number of thioether (sulfide) groups is 1. The molecule has 1 amide bonds. The first kappa shape index (κ1) is 25.8. The van der Waals surface area contributed by atoms with Gasteiger partial charge in [0.2, 0.25) is 0 Å². The van der Waals surface area contributed by atoms with E-state index in [0.29, 0.717) is 6.54 Å². The minimum Gasteiger partial charge on any atom is -0.445 e. The van der Waals surface area contributed by atoms with Crippen molar-refractivity contribution in [2.45, 2.75) is 29.4 Å². The molecule has 0 aliphatic carbocycles. The van der Waals surface area contributed by atoms with Gasteiger partial charge in [-0.2, -0.15) is 0 Å². The average Bonchev–Trinajstić information content (AvgIpc) is 3.33. The van der Waals surface area contributed by atoms with Crippen molar-refractivity contribution in [3.8, 4) is 0 Å². The molecule has 0 saturated carbocycles. The number of amides is 1. The number of carbonyl (C=O) groups is 1. The molecule has 1 fully saturated rings. The number of hydrogen-bond acceptors (Lipinski definition) is 4. The summed E-state index contributed by atoms with van der Waals surface area (Å²) in [5.74, 6) is 0. The largest absolute Gasteiger partial charge is 0.445 e. The van der Waals surface area contributed by atoms with E-state index in [4.69, 9.17) is 4.74 Å². The summed E-state index contributed by atoms with van der Waals surface area (Å²) >= 11 is 1.88. The molecule has 1 heterocycles. The van der Waals surface area contributed by atoms with Crippen LogP contribution in [0.1, 0.15) is 30.0 Å². The van der Waals surface area contributed by atoms with Crippen LogP contribution in [0, 0.1) is 0 Å². The Kier molecular flexibility index (Phi) is 8.68. The Morgan fingerprint density at radius 3 is 1.94 bits per heavy atom. The molecule has 3 aromatic rings. The molecule has 1 saturated heterocycles. The minimum absolute atomic E-state index is 0.0359. The third kappa shape index (κ3) is 5.58. The van der Waals surface area contributed by atoms with E-state index in [1.54, 1.807) is 11.0 Å². The molecule has 0 bridgehead atoms. The molecule has 4 rings (SSSR count). The molecular weight excluding hydrogens is 466 g/mol. The van der Waals surface area contributed by atoms with Gasteiger partial charge in [-0.05, 0) is 30.0 Å². The molecule has 3 aromatic carbocycles.